The number of nitrogens with one attached hydrogen (secondary N) is 1. The maximum absolute atomic E-state index is 9.48. The zero-order valence-corrected chi connectivity index (χ0v) is 11.0. The molecular weight excluding hydrogens is 242 g/mol. The molecule has 3 rings (SSSR count). The van der Waals surface area contributed by atoms with E-state index in [9.17, 15) is 5.11 Å². The Balaban J connectivity index is 1.47. The van der Waals surface area contributed by atoms with Gasteiger partial charge >= 0.3 is 0 Å². The quantitative estimate of drug-likeness (QED) is 0.872. The van der Waals surface area contributed by atoms with Crippen LogP contribution >= 0.6 is 0 Å². The summed E-state index contributed by atoms with van der Waals surface area (Å²) in [5, 5.41) is 13.0. The summed E-state index contributed by atoms with van der Waals surface area (Å²) in [6, 6.07) is 8.29. The van der Waals surface area contributed by atoms with E-state index in [0.29, 0.717) is 12.6 Å². The van der Waals surface area contributed by atoms with Gasteiger partial charge in [0.05, 0.1) is 6.10 Å². The van der Waals surface area contributed by atoms with Crippen LogP contribution < -0.4 is 14.8 Å². The standard InChI is InChI=1S/C15H21NO3/c17-12-7-5-11(6-8-12)16-9-13-10-18-14-3-1-2-4-15(14)19-13/h1-4,11-13,16-17H,5-10H2/t11-,12-,13?. The van der Waals surface area contributed by atoms with Crippen molar-refractivity contribution < 1.29 is 14.6 Å². The lowest BCUT2D eigenvalue weighted by Gasteiger charge is -2.30. The Bertz CT molecular complexity index is 416. The van der Waals surface area contributed by atoms with Gasteiger partial charge in [0.25, 0.3) is 0 Å². The molecule has 1 atom stereocenters. The van der Waals surface area contributed by atoms with Crippen molar-refractivity contribution in [3.8, 4) is 11.5 Å². The number of ether oxygens (including phenoxy) is 2. The number of para-hydroxylation sites is 2. The van der Waals surface area contributed by atoms with Gasteiger partial charge in [-0.2, -0.15) is 0 Å². The summed E-state index contributed by atoms with van der Waals surface area (Å²) in [6.07, 6.45) is 3.88. The number of rotatable bonds is 3. The molecule has 4 nitrogen and oxygen atoms in total. The topological polar surface area (TPSA) is 50.7 Å². The maximum atomic E-state index is 9.48. The molecule has 104 valence electrons. The van der Waals surface area contributed by atoms with Crippen molar-refractivity contribution in [3.63, 3.8) is 0 Å². The van der Waals surface area contributed by atoms with Gasteiger partial charge in [0, 0.05) is 12.6 Å². The zero-order valence-electron chi connectivity index (χ0n) is 11.0. The highest BCUT2D eigenvalue weighted by Crippen LogP contribution is 2.30. The predicted molar refractivity (Wildman–Crippen MR) is 72.6 cm³/mol. The van der Waals surface area contributed by atoms with Crippen LogP contribution in [0.25, 0.3) is 0 Å². The number of hydrogen-bond acceptors (Lipinski definition) is 4. The average Bonchev–Trinajstić information content (AvgIpc) is 2.46. The summed E-state index contributed by atoms with van der Waals surface area (Å²) in [5.41, 5.74) is 0. The molecule has 1 aliphatic carbocycles. The summed E-state index contributed by atoms with van der Waals surface area (Å²) in [5.74, 6) is 1.67. The minimum absolute atomic E-state index is 0.0711. The lowest BCUT2D eigenvalue weighted by Crippen LogP contribution is -2.43. The molecule has 0 saturated heterocycles. The van der Waals surface area contributed by atoms with Gasteiger partial charge < -0.3 is 19.9 Å². The Morgan fingerprint density at radius 1 is 1.11 bits per heavy atom. The first-order valence-corrected chi connectivity index (χ1v) is 7.11. The van der Waals surface area contributed by atoms with E-state index >= 15 is 0 Å². The summed E-state index contributed by atoms with van der Waals surface area (Å²) in [4.78, 5) is 0. The van der Waals surface area contributed by atoms with Crippen LogP contribution in [0.3, 0.4) is 0 Å². The van der Waals surface area contributed by atoms with Gasteiger partial charge in [-0.05, 0) is 37.8 Å². The third-order valence-electron chi connectivity index (χ3n) is 3.90. The monoisotopic (exact) mass is 263 g/mol. The molecule has 0 spiro atoms. The molecule has 2 N–H and O–H groups in total. The van der Waals surface area contributed by atoms with E-state index in [-0.39, 0.29) is 12.2 Å². The molecule has 1 aliphatic heterocycles. The summed E-state index contributed by atoms with van der Waals surface area (Å²) in [7, 11) is 0. The van der Waals surface area contributed by atoms with Crippen LogP contribution in [0.5, 0.6) is 11.5 Å². The Kier molecular flexibility index (Phi) is 3.89. The molecule has 19 heavy (non-hydrogen) atoms. The first-order valence-electron chi connectivity index (χ1n) is 7.11. The third kappa shape index (κ3) is 3.19. The highest BCUT2D eigenvalue weighted by Gasteiger charge is 2.23. The normalized spacial score (nSPS) is 30.1. The lowest BCUT2D eigenvalue weighted by molar-refractivity contribution is 0.0800. The number of hydrogen-bond donors (Lipinski definition) is 2. The van der Waals surface area contributed by atoms with E-state index in [1.165, 1.54) is 0 Å². The van der Waals surface area contributed by atoms with Gasteiger partial charge in [0.15, 0.2) is 11.5 Å². The maximum Gasteiger partial charge on any atom is 0.161 e. The van der Waals surface area contributed by atoms with Crippen LogP contribution in [0, 0.1) is 0 Å². The second-order valence-electron chi connectivity index (χ2n) is 5.41. The highest BCUT2D eigenvalue weighted by atomic mass is 16.6. The van der Waals surface area contributed by atoms with E-state index in [2.05, 4.69) is 5.32 Å². The third-order valence-corrected chi connectivity index (χ3v) is 3.90. The van der Waals surface area contributed by atoms with Crippen LogP contribution in [-0.2, 0) is 0 Å². The lowest BCUT2D eigenvalue weighted by atomic mass is 9.93. The first-order chi connectivity index (χ1) is 9.31. The summed E-state index contributed by atoms with van der Waals surface area (Å²) >= 11 is 0. The fraction of sp³-hybridized carbons (Fsp3) is 0.600. The number of aliphatic hydroxyl groups is 1. The smallest absolute Gasteiger partial charge is 0.161 e. The molecule has 4 heteroatoms. The molecule has 0 amide bonds. The number of aliphatic hydroxyl groups excluding tert-OH is 1. The van der Waals surface area contributed by atoms with Gasteiger partial charge in [-0.1, -0.05) is 12.1 Å². The second kappa shape index (κ2) is 5.80. The Morgan fingerprint density at radius 3 is 2.63 bits per heavy atom. The van der Waals surface area contributed by atoms with Crippen molar-refractivity contribution in [2.24, 2.45) is 0 Å². The number of fused-ring (bicyclic) bond motifs is 1. The SMILES string of the molecule is O[C@H]1CC[C@H](NCC2COc3ccccc3O2)CC1. The van der Waals surface area contributed by atoms with Crippen molar-refractivity contribution in [2.75, 3.05) is 13.2 Å². The molecule has 1 fully saturated rings. The molecular formula is C15H21NO3. The van der Waals surface area contributed by atoms with Crippen molar-refractivity contribution in [1.82, 2.24) is 5.32 Å². The molecule has 0 aromatic heterocycles. The van der Waals surface area contributed by atoms with Gasteiger partial charge in [-0.3, -0.25) is 0 Å². The number of benzene rings is 1. The first kappa shape index (κ1) is 12.8. The van der Waals surface area contributed by atoms with Gasteiger partial charge in [0.2, 0.25) is 0 Å². The van der Waals surface area contributed by atoms with Crippen LogP contribution in [0.15, 0.2) is 24.3 Å². The largest absolute Gasteiger partial charge is 0.486 e. The van der Waals surface area contributed by atoms with E-state index < -0.39 is 0 Å². The van der Waals surface area contributed by atoms with Crippen LogP contribution in [0.2, 0.25) is 0 Å². The Hall–Kier alpha value is -1.26. The van der Waals surface area contributed by atoms with Crippen LogP contribution in [0.1, 0.15) is 25.7 Å². The van der Waals surface area contributed by atoms with Crippen LogP contribution in [-0.4, -0.2) is 36.5 Å². The van der Waals surface area contributed by atoms with Gasteiger partial charge in [-0.15, -0.1) is 0 Å². The molecule has 0 bridgehead atoms. The van der Waals surface area contributed by atoms with Crippen LogP contribution in [0.4, 0.5) is 0 Å². The molecule has 0 radical (unpaired) electrons. The molecule has 1 aromatic carbocycles. The molecule has 1 aromatic rings. The Morgan fingerprint density at radius 2 is 1.84 bits per heavy atom. The summed E-state index contributed by atoms with van der Waals surface area (Å²) < 4.78 is 11.6. The minimum atomic E-state index is -0.0980. The van der Waals surface area contributed by atoms with E-state index in [0.717, 1.165) is 43.7 Å². The van der Waals surface area contributed by atoms with Gasteiger partial charge in [0.1, 0.15) is 12.7 Å². The van der Waals surface area contributed by atoms with E-state index in [1.54, 1.807) is 0 Å². The van der Waals surface area contributed by atoms with E-state index in [1.807, 2.05) is 24.3 Å². The second-order valence-corrected chi connectivity index (χ2v) is 5.41. The van der Waals surface area contributed by atoms with Gasteiger partial charge in [-0.25, -0.2) is 0 Å². The predicted octanol–water partition coefficient (Wildman–Crippen LogP) is 1.72. The fourth-order valence-corrected chi connectivity index (χ4v) is 2.74. The van der Waals surface area contributed by atoms with Crippen molar-refractivity contribution in [2.45, 2.75) is 43.9 Å². The molecule has 1 saturated carbocycles. The van der Waals surface area contributed by atoms with Crippen molar-refractivity contribution in [1.29, 1.82) is 0 Å². The van der Waals surface area contributed by atoms with Crippen molar-refractivity contribution in [3.05, 3.63) is 24.3 Å². The fourth-order valence-electron chi connectivity index (χ4n) is 2.74. The Labute approximate surface area is 113 Å². The molecule has 2 aliphatic rings. The zero-order chi connectivity index (χ0) is 13.1. The average molecular weight is 263 g/mol. The minimum Gasteiger partial charge on any atom is -0.486 e. The molecule has 1 unspecified atom stereocenters. The van der Waals surface area contributed by atoms with E-state index in [4.69, 9.17) is 9.47 Å². The highest BCUT2D eigenvalue weighted by molar-refractivity contribution is 5.40. The molecule has 1 heterocycles. The summed E-state index contributed by atoms with van der Waals surface area (Å²) in [6.45, 7) is 1.40. The van der Waals surface area contributed by atoms with Crippen molar-refractivity contribution >= 4 is 0 Å².